The molecular formula is C18H17N3O3S. The lowest BCUT2D eigenvalue weighted by Crippen LogP contribution is -2.46. The Bertz CT molecular complexity index is 829. The number of imide groups is 1. The first kappa shape index (κ1) is 16.0. The van der Waals surface area contributed by atoms with Gasteiger partial charge in [0.1, 0.15) is 11.0 Å². The molecule has 0 radical (unpaired) electrons. The molecule has 2 aliphatic rings. The van der Waals surface area contributed by atoms with Gasteiger partial charge < -0.3 is 4.90 Å². The van der Waals surface area contributed by atoms with Crippen molar-refractivity contribution in [3.63, 3.8) is 0 Å². The molecule has 1 aromatic carbocycles. The van der Waals surface area contributed by atoms with E-state index in [1.807, 2.05) is 35.7 Å². The van der Waals surface area contributed by atoms with Gasteiger partial charge in [0.2, 0.25) is 17.7 Å². The number of aromatic nitrogens is 1. The summed E-state index contributed by atoms with van der Waals surface area (Å²) >= 11 is 1.50. The first-order valence-electron chi connectivity index (χ1n) is 8.26. The molecule has 1 aliphatic carbocycles. The van der Waals surface area contributed by atoms with Crippen LogP contribution in [0, 0.1) is 0 Å². The van der Waals surface area contributed by atoms with Crippen molar-refractivity contribution in [3.8, 4) is 10.6 Å². The van der Waals surface area contributed by atoms with Gasteiger partial charge in [-0.2, -0.15) is 0 Å². The molecule has 25 heavy (non-hydrogen) atoms. The summed E-state index contributed by atoms with van der Waals surface area (Å²) in [5.74, 6) is -0.816. The van der Waals surface area contributed by atoms with E-state index in [9.17, 15) is 14.4 Å². The van der Waals surface area contributed by atoms with E-state index in [4.69, 9.17) is 0 Å². The van der Waals surface area contributed by atoms with Crippen LogP contribution in [0.4, 0.5) is 0 Å². The number of nitrogens with one attached hydrogen (secondary N) is 1. The van der Waals surface area contributed by atoms with Gasteiger partial charge in [-0.3, -0.25) is 19.7 Å². The van der Waals surface area contributed by atoms with Gasteiger partial charge in [-0.1, -0.05) is 30.3 Å². The van der Waals surface area contributed by atoms with Crippen LogP contribution in [0.5, 0.6) is 0 Å². The number of benzene rings is 1. The lowest BCUT2D eigenvalue weighted by atomic mass is 10.1. The smallest absolute Gasteiger partial charge is 0.249 e. The van der Waals surface area contributed by atoms with E-state index >= 15 is 0 Å². The van der Waals surface area contributed by atoms with Crippen LogP contribution in [0.15, 0.2) is 35.7 Å². The zero-order valence-electron chi connectivity index (χ0n) is 13.5. The van der Waals surface area contributed by atoms with Crippen molar-refractivity contribution in [1.29, 1.82) is 0 Å². The zero-order valence-corrected chi connectivity index (χ0v) is 14.3. The van der Waals surface area contributed by atoms with Crippen molar-refractivity contribution >= 4 is 29.1 Å². The van der Waals surface area contributed by atoms with Gasteiger partial charge in [-0.15, -0.1) is 11.3 Å². The second-order valence-electron chi connectivity index (χ2n) is 6.35. The highest BCUT2D eigenvalue weighted by Crippen LogP contribution is 2.32. The number of thiazole rings is 1. The third-order valence-electron chi connectivity index (χ3n) is 4.41. The number of hydrogen-bond acceptors (Lipinski definition) is 5. The Balaban J connectivity index is 1.50. The molecule has 2 aromatic rings. The maximum atomic E-state index is 12.8. The van der Waals surface area contributed by atoms with Gasteiger partial charge in [0.15, 0.2) is 0 Å². The maximum Gasteiger partial charge on any atom is 0.249 e. The van der Waals surface area contributed by atoms with Crippen molar-refractivity contribution < 1.29 is 14.4 Å². The molecule has 1 saturated heterocycles. The minimum Gasteiger partial charge on any atom is -0.327 e. The normalized spacial score (nSPS) is 19.8. The highest BCUT2D eigenvalue weighted by atomic mass is 32.1. The second kappa shape index (κ2) is 6.40. The number of hydrogen-bond donors (Lipinski definition) is 1. The number of nitrogens with zero attached hydrogens (tertiary/aromatic N) is 2. The minimum atomic E-state index is -0.667. The predicted octanol–water partition coefficient (Wildman–Crippen LogP) is 1.76. The molecule has 0 bridgehead atoms. The Labute approximate surface area is 148 Å². The summed E-state index contributed by atoms with van der Waals surface area (Å²) in [4.78, 5) is 42.4. The number of carbonyl (C=O) groups excluding carboxylic acids is 3. The molecule has 4 rings (SSSR count). The molecule has 7 heteroatoms. The topological polar surface area (TPSA) is 79.4 Å². The second-order valence-corrected chi connectivity index (χ2v) is 7.21. The Kier molecular flexibility index (Phi) is 4.09. The first-order valence-corrected chi connectivity index (χ1v) is 9.14. The molecule has 2 heterocycles. The van der Waals surface area contributed by atoms with E-state index in [0.29, 0.717) is 5.69 Å². The largest absolute Gasteiger partial charge is 0.327 e. The number of carbonyl (C=O) groups is 3. The van der Waals surface area contributed by atoms with Crippen LogP contribution in [-0.4, -0.2) is 39.7 Å². The molecule has 2 fully saturated rings. The minimum absolute atomic E-state index is 0.0629. The molecule has 1 aliphatic heterocycles. The van der Waals surface area contributed by atoms with Crippen molar-refractivity contribution in [2.24, 2.45) is 0 Å². The van der Waals surface area contributed by atoms with Gasteiger partial charge >= 0.3 is 0 Å². The van der Waals surface area contributed by atoms with Crippen LogP contribution >= 0.6 is 11.3 Å². The predicted molar refractivity (Wildman–Crippen MR) is 92.7 cm³/mol. The average Bonchev–Trinajstić information content (AvgIpc) is 3.22. The summed E-state index contributed by atoms with van der Waals surface area (Å²) in [6.45, 7) is 0. The van der Waals surface area contributed by atoms with Gasteiger partial charge in [-0.25, -0.2) is 4.98 Å². The Morgan fingerprint density at radius 3 is 2.64 bits per heavy atom. The summed E-state index contributed by atoms with van der Waals surface area (Å²) in [6.07, 6.45) is 1.98. The van der Waals surface area contributed by atoms with Crippen LogP contribution in [0.3, 0.4) is 0 Å². The Hall–Kier alpha value is -2.54. The van der Waals surface area contributed by atoms with Crippen molar-refractivity contribution in [3.05, 3.63) is 41.4 Å². The van der Waals surface area contributed by atoms with Crippen molar-refractivity contribution in [2.75, 3.05) is 0 Å². The summed E-state index contributed by atoms with van der Waals surface area (Å²) in [7, 11) is 0. The van der Waals surface area contributed by atoms with E-state index < -0.39 is 6.04 Å². The van der Waals surface area contributed by atoms with Gasteiger partial charge in [0.25, 0.3) is 0 Å². The number of amides is 3. The van der Waals surface area contributed by atoms with Crippen LogP contribution < -0.4 is 5.32 Å². The maximum absolute atomic E-state index is 12.8. The fourth-order valence-electron chi connectivity index (χ4n) is 3.10. The molecular weight excluding hydrogens is 338 g/mol. The SMILES string of the molecule is O=C1C[C@@H](N(C(=O)Cc2csc(-c3ccccc3)n2)C2CC2)C(=O)N1. The van der Waals surface area contributed by atoms with E-state index in [1.54, 1.807) is 4.90 Å². The molecule has 6 nitrogen and oxygen atoms in total. The van der Waals surface area contributed by atoms with Crippen LogP contribution in [0.2, 0.25) is 0 Å². The fraction of sp³-hybridized carbons (Fsp3) is 0.333. The quantitative estimate of drug-likeness (QED) is 0.829. The standard InChI is InChI=1S/C18H17N3O3S/c22-15-9-14(17(24)20-15)21(13-6-7-13)16(23)8-12-10-25-18(19-12)11-4-2-1-3-5-11/h1-5,10,13-14H,6-9H2,(H,20,22,24)/t14-/m1/s1. The third-order valence-corrected chi connectivity index (χ3v) is 5.35. The van der Waals surface area contributed by atoms with E-state index in [-0.39, 0.29) is 36.6 Å². The third kappa shape index (κ3) is 3.32. The summed E-state index contributed by atoms with van der Waals surface area (Å²) in [5, 5.41) is 5.04. The summed E-state index contributed by atoms with van der Waals surface area (Å²) in [6, 6.07) is 9.22. The van der Waals surface area contributed by atoms with Gasteiger partial charge in [0, 0.05) is 17.0 Å². The molecule has 1 N–H and O–H groups in total. The Morgan fingerprint density at radius 2 is 2.00 bits per heavy atom. The molecule has 3 amide bonds. The van der Waals surface area contributed by atoms with Crippen LogP contribution in [0.1, 0.15) is 25.0 Å². The van der Waals surface area contributed by atoms with Crippen molar-refractivity contribution in [1.82, 2.24) is 15.2 Å². The van der Waals surface area contributed by atoms with Crippen LogP contribution in [0.25, 0.3) is 10.6 Å². The average molecular weight is 355 g/mol. The molecule has 1 aromatic heterocycles. The lowest BCUT2D eigenvalue weighted by Gasteiger charge is -2.26. The van der Waals surface area contributed by atoms with Gasteiger partial charge in [-0.05, 0) is 12.8 Å². The molecule has 1 atom stereocenters. The molecule has 0 unspecified atom stereocenters. The van der Waals surface area contributed by atoms with Gasteiger partial charge in [0.05, 0.1) is 18.5 Å². The Morgan fingerprint density at radius 1 is 1.24 bits per heavy atom. The monoisotopic (exact) mass is 355 g/mol. The fourth-order valence-corrected chi connectivity index (χ4v) is 3.92. The lowest BCUT2D eigenvalue weighted by molar-refractivity contribution is -0.139. The molecule has 128 valence electrons. The van der Waals surface area contributed by atoms with E-state index in [0.717, 1.165) is 23.4 Å². The summed E-state index contributed by atoms with van der Waals surface area (Å²) in [5.41, 5.74) is 1.72. The zero-order chi connectivity index (χ0) is 17.4. The summed E-state index contributed by atoms with van der Waals surface area (Å²) < 4.78 is 0. The highest BCUT2D eigenvalue weighted by molar-refractivity contribution is 7.13. The van der Waals surface area contributed by atoms with E-state index in [1.165, 1.54) is 11.3 Å². The highest BCUT2D eigenvalue weighted by Gasteiger charge is 2.44. The van der Waals surface area contributed by atoms with Crippen molar-refractivity contribution in [2.45, 2.75) is 37.8 Å². The number of rotatable bonds is 5. The van der Waals surface area contributed by atoms with Crippen LogP contribution in [-0.2, 0) is 20.8 Å². The molecule has 0 spiro atoms. The molecule has 1 saturated carbocycles. The van der Waals surface area contributed by atoms with E-state index in [2.05, 4.69) is 10.3 Å². The first-order chi connectivity index (χ1) is 12.1.